The van der Waals surface area contributed by atoms with Crippen LogP contribution in [0.4, 0.5) is 0 Å². The average Bonchev–Trinajstić information content (AvgIpc) is 3.34. The van der Waals surface area contributed by atoms with Crippen molar-refractivity contribution in [3.63, 3.8) is 0 Å². The van der Waals surface area contributed by atoms with Crippen LogP contribution in [0.2, 0.25) is 0 Å². The number of rotatable bonds is 3. The molecule has 2 aromatic carbocycles. The number of carbonyl (C=O) groups is 1. The summed E-state index contributed by atoms with van der Waals surface area (Å²) in [4.78, 5) is 25.7. The minimum Gasteiger partial charge on any atom is -0.454 e. The van der Waals surface area contributed by atoms with Gasteiger partial charge in [-0.3, -0.25) is 0 Å². The molecule has 0 amide bonds. The first-order valence-corrected chi connectivity index (χ1v) is 8.88. The summed E-state index contributed by atoms with van der Waals surface area (Å²) >= 11 is 1.45. The van der Waals surface area contributed by atoms with Crippen molar-refractivity contribution >= 4 is 27.5 Å². The summed E-state index contributed by atoms with van der Waals surface area (Å²) < 4.78 is 17.0. The lowest BCUT2D eigenvalue weighted by Crippen LogP contribution is -2.13. The van der Waals surface area contributed by atoms with Crippen LogP contribution in [0.3, 0.4) is 0 Å². The molecule has 3 heterocycles. The summed E-state index contributed by atoms with van der Waals surface area (Å²) in [5, 5.41) is 0.613. The van der Waals surface area contributed by atoms with Gasteiger partial charge in [0.1, 0.15) is 16.5 Å². The van der Waals surface area contributed by atoms with Crippen LogP contribution in [0, 0.1) is 0 Å². The van der Waals surface area contributed by atoms with E-state index >= 15 is 0 Å². The lowest BCUT2D eigenvalue weighted by molar-refractivity contribution is 0.0729. The molecule has 0 saturated heterocycles. The van der Waals surface area contributed by atoms with Crippen molar-refractivity contribution in [3.8, 4) is 28.0 Å². The van der Waals surface area contributed by atoms with Gasteiger partial charge in [0.25, 0.3) is 0 Å². The summed E-state index contributed by atoms with van der Waals surface area (Å²) in [6, 6.07) is 12.7. The van der Waals surface area contributed by atoms with Crippen molar-refractivity contribution in [2.45, 2.75) is 0 Å². The van der Waals surface area contributed by atoms with E-state index in [1.165, 1.54) is 23.7 Å². The largest absolute Gasteiger partial charge is 0.454 e. The molecule has 0 atom stereocenters. The first-order chi connectivity index (χ1) is 13.3. The molecule has 0 spiro atoms. The van der Waals surface area contributed by atoms with Gasteiger partial charge in [-0.25, -0.2) is 19.7 Å². The predicted molar refractivity (Wildman–Crippen MR) is 98.2 cm³/mol. The van der Waals surface area contributed by atoms with Crippen LogP contribution >= 0.6 is 11.3 Å². The van der Waals surface area contributed by atoms with Gasteiger partial charge in [-0.05, 0) is 24.3 Å². The molecular weight excluding hydrogens is 366 g/mol. The Labute approximate surface area is 157 Å². The van der Waals surface area contributed by atoms with Crippen molar-refractivity contribution < 1.29 is 19.0 Å². The van der Waals surface area contributed by atoms with Crippen molar-refractivity contribution in [2.24, 2.45) is 0 Å². The molecular formula is C19H11N3O4S. The van der Waals surface area contributed by atoms with Gasteiger partial charge in [0.05, 0.1) is 10.2 Å². The Morgan fingerprint density at radius 2 is 1.89 bits per heavy atom. The van der Waals surface area contributed by atoms with Crippen molar-refractivity contribution in [1.82, 2.24) is 15.0 Å². The number of hydrogen-bond donors (Lipinski definition) is 0. The third-order valence-electron chi connectivity index (χ3n) is 3.94. The molecule has 0 radical (unpaired) electrons. The van der Waals surface area contributed by atoms with Crippen LogP contribution in [0.5, 0.6) is 17.2 Å². The van der Waals surface area contributed by atoms with Gasteiger partial charge in [-0.1, -0.05) is 12.1 Å². The van der Waals surface area contributed by atoms with E-state index in [4.69, 9.17) is 14.2 Å². The van der Waals surface area contributed by atoms with Gasteiger partial charge in [-0.15, -0.1) is 11.3 Å². The van der Waals surface area contributed by atoms with E-state index in [-0.39, 0.29) is 12.5 Å². The third kappa shape index (κ3) is 2.85. The summed E-state index contributed by atoms with van der Waals surface area (Å²) in [7, 11) is 0. The van der Waals surface area contributed by atoms with E-state index in [2.05, 4.69) is 15.0 Å². The second kappa shape index (κ2) is 6.33. The number of nitrogens with zero attached hydrogens (tertiary/aromatic N) is 3. The lowest BCUT2D eigenvalue weighted by Gasteiger charge is -2.06. The van der Waals surface area contributed by atoms with Crippen molar-refractivity contribution in [3.05, 3.63) is 60.6 Å². The molecule has 0 aliphatic carbocycles. The molecule has 0 unspecified atom stereocenters. The van der Waals surface area contributed by atoms with Crippen LogP contribution in [-0.2, 0) is 0 Å². The molecule has 7 nitrogen and oxygen atoms in total. The number of hydrogen-bond acceptors (Lipinski definition) is 8. The number of ether oxygens (including phenoxy) is 3. The van der Waals surface area contributed by atoms with Crippen LogP contribution in [-0.4, -0.2) is 27.7 Å². The topological polar surface area (TPSA) is 83.4 Å². The van der Waals surface area contributed by atoms with Gasteiger partial charge in [0.2, 0.25) is 6.79 Å². The second-order valence-electron chi connectivity index (χ2n) is 5.64. The normalized spacial score (nSPS) is 12.3. The van der Waals surface area contributed by atoms with Gasteiger partial charge >= 0.3 is 5.97 Å². The molecule has 0 bridgehead atoms. The standard InChI is InChI=1S/C19H11N3O4S/c23-19(26-11-5-6-13-14(9-11)25-10-24-13)17-16(20-7-8-21-17)18-22-12-3-1-2-4-15(12)27-18/h1-9H,10H2. The molecule has 8 heteroatoms. The van der Waals surface area contributed by atoms with Gasteiger partial charge in [0.15, 0.2) is 17.2 Å². The van der Waals surface area contributed by atoms with E-state index in [1.807, 2.05) is 24.3 Å². The Morgan fingerprint density at radius 1 is 1.04 bits per heavy atom. The monoisotopic (exact) mass is 377 g/mol. The fraction of sp³-hybridized carbons (Fsp3) is 0.0526. The zero-order chi connectivity index (χ0) is 18.2. The second-order valence-corrected chi connectivity index (χ2v) is 6.68. The Kier molecular flexibility index (Phi) is 3.68. The molecule has 132 valence electrons. The SMILES string of the molecule is O=C(Oc1ccc2c(c1)OCO2)c1nccnc1-c1nc2ccccc2s1. The zero-order valence-electron chi connectivity index (χ0n) is 13.8. The molecule has 0 N–H and O–H groups in total. The molecule has 0 saturated carbocycles. The first-order valence-electron chi connectivity index (χ1n) is 8.07. The Morgan fingerprint density at radius 3 is 2.81 bits per heavy atom. The summed E-state index contributed by atoms with van der Waals surface area (Å²) in [6.45, 7) is 0.151. The number of aromatic nitrogens is 3. The van der Waals surface area contributed by atoms with Crippen molar-refractivity contribution in [1.29, 1.82) is 0 Å². The number of benzene rings is 2. The number of carbonyl (C=O) groups excluding carboxylic acids is 1. The predicted octanol–water partition coefficient (Wildman–Crippen LogP) is 3.70. The quantitative estimate of drug-likeness (QED) is 0.398. The minimum absolute atomic E-state index is 0.106. The Balaban J connectivity index is 1.49. The van der Waals surface area contributed by atoms with E-state index < -0.39 is 5.97 Å². The van der Waals surface area contributed by atoms with Crippen molar-refractivity contribution in [2.75, 3.05) is 6.79 Å². The maximum Gasteiger partial charge on any atom is 0.364 e. The molecule has 27 heavy (non-hydrogen) atoms. The highest BCUT2D eigenvalue weighted by molar-refractivity contribution is 7.21. The summed E-state index contributed by atoms with van der Waals surface area (Å²) in [5.74, 6) is 0.872. The molecule has 0 fully saturated rings. The summed E-state index contributed by atoms with van der Waals surface area (Å²) in [6.07, 6.45) is 2.98. The third-order valence-corrected chi connectivity index (χ3v) is 4.99. The highest BCUT2D eigenvalue weighted by Gasteiger charge is 2.22. The minimum atomic E-state index is -0.615. The number of para-hydroxylation sites is 1. The van der Waals surface area contributed by atoms with E-state index in [9.17, 15) is 4.79 Å². The van der Waals surface area contributed by atoms with Crippen LogP contribution in [0.25, 0.3) is 20.9 Å². The maximum absolute atomic E-state index is 12.7. The fourth-order valence-corrected chi connectivity index (χ4v) is 3.68. The van der Waals surface area contributed by atoms with Gasteiger partial charge in [0, 0.05) is 18.5 Å². The van der Waals surface area contributed by atoms with E-state index in [0.29, 0.717) is 28.0 Å². The molecule has 1 aliphatic heterocycles. The number of fused-ring (bicyclic) bond motifs is 2. The van der Waals surface area contributed by atoms with E-state index in [1.54, 1.807) is 18.2 Å². The van der Waals surface area contributed by atoms with Crippen LogP contribution < -0.4 is 14.2 Å². The lowest BCUT2D eigenvalue weighted by atomic mass is 10.3. The molecule has 5 rings (SSSR count). The van der Waals surface area contributed by atoms with Crippen LogP contribution in [0.1, 0.15) is 10.5 Å². The summed E-state index contributed by atoms with van der Waals surface area (Å²) in [5.41, 5.74) is 1.34. The Hall–Kier alpha value is -3.52. The van der Waals surface area contributed by atoms with E-state index in [0.717, 1.165) is 10.2 Å². The average molecular weight is 377 g/mol. The maximum atomic E-state index is 12.7. The fourth-order valence-electron chi connectivity index (χ4n) is 2.71. The van der Waals surface area contributed by atoms with Crippen LogP contribution in [0.15, 0.2) is 54.9 Å². The smallest absolute Gasteiger partial charge is 0.364 e. The first kappa shape index (κ1) is 15.7. The highest BCUT2D eigenvalue weighted by Crippen LogP contribution is 2.36. The molecule has 2 aromatic heterocycles. The van der Waals surface area contributed by atoms with Gasteiger partial charge < -0.3 is 14.2 Å². The highest BCUT2D eigenvalue weighted by atomic mass is 32.1. The number of thiazole rings is 1. The Bertz CT molecular complexity index is 1140. The zero-order valence-corrected chi connectivity index (χ0v) is 14.6. The molecule has 1 aliphatic rings. The van der Waals surface area contributed by atoms with Gasteiger partial charge in [-0.2, -0.15) is 0 Å². The number of esters is 1. The molecule has 4 aromatic rings.